The summed E-state index contributed by atoms with van der Waals surface area (Å²) in [5.41, 5.74) is 0.648. The lowest BCUT2D eigenvalue weighted by molar-refractivity contribution is -0.136. The van der Waals surface area contributed by atoms with Crippen molar-refractivity contribution in [1.29, 1.82) is 0 Å². The topological polar surface area (TPSA) is 54.4 Å². The number of carboxylic acids is 1. The van der Waals surface area contributed by atoms with Gasteiger partial charge in [-0.05, 0) is 6.07 Å². The SMILES string of the molecule is O=C1CC(C(=O)O)Sc2ccccc21. The Hall–Kier alpha value is -1.29. The molecule has 4 heteroatoms. The van der Waals surface area contributed by atoms with Crippen LogP contribution in [0.3, 0.4) is 0 Å². The van der Waals surface area contributed by atoms with Crippen molar-refractivity contribution in [3.8, 4) is 0 Å². The molecule has 0 aromatic heterocycles. The van der Waals surface area contributed by atoms with E-state index in [-0.39, 0.29) is 12.2 Å². The average Bonchev–Trinajstić information content (AvgIpc) is 2.17. The number of Topliss-reactive ketones (excluding diaryl/α,β-unsaturated/α-hetero) is 1. The molecule has 3 nitrogen and oxygen atoms in total. The molecule has 72 valence electrons. The van der Waals surface area contributed by atoms with Gasteiger partial charge in [-0.1, -0.05) is 18.2 Å². The molecular weight excluding hydrogens is 200 g/mol. The highest BCUT2D eigenvalue weighted by Crippen LogP contribution is 2.34. The fraction of sp³-hybridized carbons (Fsp3) is 0.200. The molecule has 0 spiro atoms. The Morgan fingerprint density at radius 3 is 2.86 bits per heavy atom. The normalized spacial score (nSPS) is 20.3. The summed E-state index contributed by atoms with van der Waals surface area (Å²) in [5.74, 6) is -0.996. The number of rotatable bonds is 1. The molecule has 0 radical (unpaired) electrons. The summed E-state index contributed by atoms with van der Waals surface area (Å²) in [6.45, 7) is 0. The molecule has 0 aliphatic carbocycles. The zero-order valence-corrected chi connectivity index (χ0v) is 8.08. The average molecular weight is 208 g/mol. The first kappa shape index (κ1) is 9.27. The third-order valence-electron chi connectivity index (χ3n) is 2.10. The maximum atomic E-state index is 11.5. The first-order valence-electron chi connectivity index (χ1n) is 4.20. The van der Waals surface area contributed by atoms with Gasteiger partial charge in [0, 0.05) is 16.9 Å². The molecule has 1 heterocycles. The Balaban J connectivity index is 2.38. The third kappa shape index (κ3) is 1.53. The highest BCUT2D eigenvalue weighted by molar-refractivity contribution is 8.00. The van der Waals surface area contributed by atoms with E-state index in [0.717, 1.165) is 4.90 Å². The summed E-state index contributed by atoms with van der Waals surface area (Å²) in [6, 6.07) is 7.12. The lowest BCUT2D eigenvalue weighted by Gasteiger charge is -2.19. The van der Waals surface area contributed by atoms with Gasteiger partial charge in [0.25, 0.3) is 0 Å². The Bertz CT molecular complexity index is 400. The van der Waals surface area contributed by atoms with Crippen molar-refractivity contribution in [2.75, 3.05) is 0 Å². The Morgan fingerprint density at radius 2 is 2.14 bits per heavy atom. The van der Waals surface area contributed by atoms with Crippen LogP contribution in [0.2, 0.25) is 0 Å². The van der Waals surface area contributed by atoms with Crippen molar-refractivity contribution >= 4 is 23.5 Å². The van der Waals surface area contributed by atoms with Crippen molar-refractivity contribution in [1.82, 2.24) is 0 Å². The maximum Gasteiger partial charge on any atom is 0.317 e. The van der Waals surface area contributed by atoms with E-state index in [9.17, 15) is 9.59 Å². The number of ketones is 1. The molecule has 1 N–H and O–H groups in total. The van der Waals surface area contributed by atoms with E-state index < -0.39 is 11.2 Å². The fourth-order valence-corrected chi connectivity index (χ4v) is 2.52. The summed E-state index contributed by atoms with van der Waals surface area (Å²) in [6.07, 6.45) is 0.0943. The summed E-state index contributed by atoms with van der Waals surface area (Å²) in [7, 11) is 0. The van der Waals surface area contributed by atoms with Crippen LogP contribution >= 0.6 is 11.8 Å². The molecule has 0 saturated carbocycles. The molecule has 0 saturated heterocycles. The van der Waals surface area contributed by atoms with Crippen molar-refractivity contribution < 1.29 is 14.7 Å². The summed E-state index contributed by atoms with van der Waals surface area (Å²) >= 11 is 1.25. The quantitative estimate of drug-likeness (QED) is 0.764. The lowest BCUT2D eigenvalue weighted by Crippen LogP contribution is -2.24. The highest BCUT2D eigenvalue weighted by Gasteiger charge is 2.29. The minimum absolute atomic E-state index is 0.0771. The Morgan fingerprint density at radius 1 is 1.43 bits per heavy atom. The molecule has 1 unspecified atom stereocenters. The van der Waals surface area contributed by atoms with Gasteiger partial charge in [-0.25, -0.2) is 0 Å². The second-order valence-electron chi connectivity index (χ2n) is 3.07. The van der Waals surface area contributed by atoms with E-state index in [1.807, 2.05) is 6.07 Å². The summed E-state index contributed by atoms with van der Waals surface area (Å²) < 4.78 is 0. The number of hydrogen-bond donors (Lipinski definition) is 1. The van der Waals surface area contributed by atoms with E-state index in [1.165, 1.54) is 11.8 Å². The van der Waals surface area contributed by atoms with Gasteiger partial charge in [-0.2, -0.15) is 0 Å². The van der Waals surface area contributed by atoms with Gasteiger partial charge in [-0.15, -0.1) is 11.8 Å². The zero-order chi connectivity index (χ0) is 10.1. The van der Waals surface area contributed by atoms with Gasteiger partial charge in [0.05, 0.1) is 0 Å². The number of aliphatic carboxylic acids is 1. The molecule has 2 rings (SSSR count). The van der Waals surface area contributed by atoms with Crippen molar-refractivity contribution in [3.63, 3.8) is 0 Å². The van der Waals surface area contributed by atoms with E-state index in [1.54, 1.807) is 18.2 Å². The van der Waals surface area contributed by atoms with Gasteiger partial charge in [0.2, 0.25) is 0 Å². The predicted molar refractivity (Wildman–Crippen MR) is 52.7 cm³/mol. The first-order valence-corrected chi connectivity index (χ1v) is 5.08. The van der Waals surface area contributed by atoms with Crippen LogP contribution in [-0.2, 0) is 4.79 Å². The van der Waals surface area contributed by atoms with Crippen LogP contribution in [0.4, 0.5) is 0 Å². The van der Waals surface area contributed by atoms with Crippen LogP contribution in [0, 0.1) is 0 Å². The molecule has 0 amide bonds. The highest BCUT2D eigenvalue weighted by atomic mass is 32.2. The third-order valence-corrected chi connectivity index (χ3v) is 3.37. The number of carbonyl (C=O) groups is 2. The van der Waals surface area contributed by atoms with Crippen LogP contribution < -0.4 is 0 Å². The van der Waals surface area contributed by atoms with Gasteiger partial charge in [-0.3, -0.25) is 9.59 Å². The smallest absolute Gasteiger partial charge is 0.317 e. The second kappa shape index (κ2) is 3.46. The second-order valence-corrected chi connectivity index (χ2v) is 4.31. The van der Waals surface area contributed by atoms with Gasteiger partial charge < -0.3 is 5.11 Å². The lowest BCUT2D eigenvalue weighted by atomic mass is 10.1. The molecular formula is C10H8O3S. The molecule has 1 aromatic carbocycles. The molecule has 0 bridgehead atoms. The van der Waals surface area contributed by atoms with E-state index >= 15 is 0 Å². The molecule has 1 aromatic rings. The Kier molecular flexibility index (Phi) is 2.29. The monoisotopic (exact) mass is 208 g/mol. The van der Waals surface area contributed by atoms with Crippen molar-refractivity contribution in [2.45, 2.75) is 16.6 Å². The summed E-state index contributed by atoms with van der Waals surface area (Å²) in [5, 5.41) is 8.18. The number of thioether (sulfide) groups is 1. The minimum atomic E-state index is -0.919. The molecule has 14 heavy (non-hydrogen) atoms. The van der Waals surface area contributed by atoms with Crippen molar-refractivity contribution in [3.05, 3.63) is 29.8 Å². The largest absolute Gasteiger partial charge is 0.480 e. The Labute approximate surface area is 85.1 Å². The van der Waals surface area contributed by atoms with Crippen LogP contribution in [0.1, 0.15) is 16.8 Å². The first-order chi connectivity index (χ1) is 6.68. The number of carboxylic acid groups (broad SMARTS) is 1. The predicted octanol–water partition coefficient (Wildman–Crippen LogP) is 1.82. The van der Waals surface area contributed by atoms with Gasteiger partial charge >= 0.3 is 5.97 Å². The number of fused-ring (bicyclic) bond motifs is 1. The molecule has 0 fully saturated rings. The minimum Gasteiger partial charge on any atom is -0.480 e. The summed E-state index contributed by atoms with van der Waals surface area (Å²) in [4.78, 5) is 23.0. The van der Waals surface area contributed by atoms with E-state index in [0.29, 0.717) is 5.56 Å². The van der Waals surface area contributed by atoms with Gasteiger partial charge in [0.1, 0.15) is 5.25 Å². The van der Waals surface area contributed by atoms with Crippen LogP contribution in [0.25, 0.3) is 0 Å². The van der Waals surface area contributed by atoms with Gasteiger partial charge in [0.15, 0.2) is 5.78 Å². The number of hydrogen-bond acceptors (Lipinski definition) is 3. The zero-order valence-electron chi connectivity index (χ0n) is 7.27. The van der Waals surface area contributed by atoms with Crippen LogP contribution in [-0.4, -0.2) is 22.1 Å². The number of benzene rings is 1. The van der Waals surface area contributed by atoms with E-state index in [4.69, 9.17) is 5.11 Å². The molecule has 1 atom stereocenters. The van der Waals surface area contributed by atoms with Crippen LogP contribution in [0.15, 0.2) is 29.2 Å². The standard InChI is InChI=1S/C10H8O3S/c11-7-5-9(10(12)13)14-8-4-2-1-3-6(7)8/h1-4,9H,5H2,(H,12,13). The molecule has 1 aliphatic rings. The molecule has 1 aliphatic heterocycles. The van der Waals surface area contributed by atoms with E-state index in [2.05, 4.69) is 0 Å². The number of carbonyl (C=O) groups excluding carboxylic acids is 1. The van der Waals surface area contributed by atoms with Crippen LogP contribution in [0.5, 0.6) is 0 Å². The maximum absolute atomic E-state index is 11.5. The van der Waals surface area contributed by atoms with Crippen molar-refractivity contribution in [2.24, 2.45) is 0 Å². The fourth-order valence-electron chi connectivity index (χ4n) is 1.41.